The lowest BCUT2D eigenvalue weighted by molar-refractivity contribution is 0.324. The summed E-state index contributed by atoms with van der Waals surface area (Å²) in [5.41, 5.74) is -0.409. The molecule has 0 bridgehead atoms. The summed E-state index contributed by atoms with van der Waals surface area (Å²) < 4.78 is 25.0. The number of nitrogens with zero attached hydrogens (tertiary/aromatic N) is 3. The molecule has 1 aliphatic rings. The molecule has 0 spiro atoms. The van der Waals surface area contributed by atoms with Crippen molar-refractivity contribution in [2.45, 2.75) is 69.5 Å². The molecule has 1 aliphatic carbocycles. The molecule has 7 heteroatoms. The largest absolute Gasteiger partial charge is 0.296 e. The summed E-state index contributed by atoms with van der Waals surface area (Å²) >= 11 is 0. The molecule has 2 rings (SSSR count). The highest BCUT2D eigenvalue weighted by molar-refractivity contribution is 8.13. The van der Waals surface area contributed by atoms with E-state index in [1.165, 1.54) is 6.42 Å². The number of hydrogen-bond donors (Lipinski definition) is 0. The average Bonchev–Trinajstić information content (AvgIpc) is 2.74. The van der Waals surface area contributed by atoms with Gasteiger partial charge in [-0.3, -0.25) is 4.57 Å². The second-order valence-corrected chi connectivity index (χ2v) is 8.58. The van der Waals surface area contributed by atoms with Gasteiger partial charge in [-0.15, -0.1) is 10.2 Å². The summed E-state index contributed by atoms with van der Waals surface area (Å²) in [4.78, 5) is 0. The lowest BCUT2D eigenvalue weighted by Gasteiger charge is -2.28. The second kappa shape index (κ2) is 5.05. The molecule has 1 saturated carbocycles. The maximum atomic E-state index is 11.6. The molecule has 0 aliphatic heterocycles. The van der Waals surface area contributed by atoms with E-state index in [1.807, 2.05) is 20.8 Å². The van der Waals surface area contributed by atoms with Crippen LogP contribution in [0.4, 0.5) is 0 Å². The topological polar surface area (TPSA) is 64.8 Å². The third-order valence-corrected chi connectivity index (χ3v) is 4.63. The molecule has 0 N–H and O–H groups in total. The van der Waals surface area contributed by atoms with Crippen molar-refractivity contribution < 1.29 is 8.42 Å². The van der Waals surface area contributed by atoms with Gasteiger partial charge in [0.05, 0.1) is 0 Å². The first-order chi connectivity index (χ1) is 8.71. The Kier molecular flexibility index (Phi) is 3.93. The molecule has 0 saturated heterocycles. The van der Waals surface area contributed by atoms with Crippen LogP contribution >= 0.6 is 10.7 Å². The quantitative estimate of drug-likeness (QED) is 0.788. The first-order valence-corrected chi connectivity index (χ1v) is 8.92. The van der Waals surface area contributed by atoms with Crippen molar-refractivity contribution >= 4 is 19.7 Å². The third kappa shape index (κ3) is 3.11. The summed E-state index contributed by atoms with van der Waals surface area (Å²) in [7, 11) is 1.60. The first kappa shape index (κ1) is 14.8. The molecule has 0 aromatic carbocycles. The van der Waals surface area contributed by atoms with E-state index >= 15 is 0 Å². The molecule has 0 atom stereocenters. The Balaban J connectivity index is 2.53. The monoisotopic (exact) mass is 305 g/mol. The fourth-order valence-electron chi connectivity index (χ4n) is 2.69. The Labute approximate surface area is 118 Å². The summed E-state index contributed by atoms with van der Waals surface area (Å²) in [6, 6.07) is 0. The van der Waals surface area contributed by atoms with Gasteiger partial charge in [0.2, 0.25) is 0 Å². The third-order valence-electron chi connectivity index (χ3n) is 3.52. The van der Waals surface area contributed by atoms with E-state index in [0.717, 1.165) is 31.5 Å². The van der Waals surface area contributed by atoms with Crippen LogP contribution < -0.4 is 0 Å². The number of hydrogen-bond acceptors (Lipinski definition) is 4. The zero-order chi connectivity index (χ0) is 14.3. The minimum Gasteiger partial charge on any atom is -0.295 e. The van der Waals surface area contributed by atoms with Gasteiger partial charge >= 0.3 is 0 Å². The molecule has 19 heavy (non-hydrogen) atoms. The van der Waals surface area contributed by atoms with Gasteiger partial charge in [0.25, 0.3) is 14.2 Å². The normalized spacial score (nSPS) is 18.7. The van der Waals surface area contributed by atoms with Crippen molar-refractivity contribution in [3.63, 3.8) is 0 Å². The predicted molar refractivity (Wildman–Crippen MR) is 73.9 cm³/mol. The number of aromatic nitrogens is 3. The van der Waals surface area contributed by atoms with Crippen molar-refractivity contribution in [1.82, 2.24) is 14.8 Å². The average molecular weight is 306 g/mol. The number of halogens is 1. The van der Waals surface area contributed by atoms with E-state index in [2.05, 4.69) is 10.2 Å². The second-order valence-electron chi connectivity index (χ2n) is 6.12. The van der Waals surface area contributed by atoms with Gasteiger partial charge in [0.1, 0.15) is 5.82 Å². The molecule has 0 radical (unpaired) electrons. The molecule has 0 amide bonds. The zero-order valence-corrected chi connectivity index (χ0v) is 13.1. The van der Waals surface area contributed by atoms with E-state index in [-0.39, 0.29) is 11.1 Å². The summed E-state index contributed by atoms with van der Waals surface area (Å²) in [6.07, 6.45) is 5.63. The van der Waals surface area contributed by atoms with E-state index in [1.54, 1.807) is 4.57 Å². The van der Waals surface area contributed by atoms with Gasteiger partial charge in [-0.25, -0.2) is 8.42 Å². The zero-order valence-electron chi connectivity index (χ0n) is 11.6. The summed E-state index contributed by atoms with van der Waals surface area (Å²) in [5.74, 6) is 1.04. The van der Waals surface area contributed by atoms with E-state index in [4.69, 9.17) is 10.7 Å². The minimum absolute atomic E-state index is 0.137. The van der Waals surface area contributed by atoms with Crippen LogP contribution in [0.15, 0.2) is 5.16 Å². The van der Waals surface area contributed by atoms with Gasteiger partial charge in [0, 0.05) is 22.1 Å². The number of rotatable bonds is 2. The summed E-state index contributed by atoms with van der Waals surface area (Å²) in [5, 5.41) is 7.81. The SMILES string of the molecule is CC(C)(C)n1c(C2CCCCC2)nnc1S(=O)(=O)Cl. The Morgan fingerprint density at radius 3 is 2.21 bits per heavy atom. The van der Waals surface area contributed by atoms with Crippen molar-refractivity contribution in [1.29, 1.82) is 0 Å². The van der Waals surface area contributed by atoms with Gasteiger partial charge in [-0.05, 0) is 33.6 Å². The molecule has 1 heterocycles. The van der Waals surface area contributed by atoms with E-state index < -0.39 is 14.6 Å². The molecule has 1 aromatic rings. The fraction of sp³-hybridized carbons (Fsp3) is 0.833. The molecule has 1 fully saturated rings. The fourth-order valence-corrected chi connectivity index (χ4v) is 3.72. The van der Waals surface area contributed by atoms with E-state index in [0.29, 0.717) is 0 Å². The Morgan fingerprint density at radius 1 is 1.16 bits per heavy atom. The highest BCUT2D eigenvalue weighted by Gasteiger charge is 2.33. The van der Waals surface area contributed by atoms with Crippen LogP contribution in [-0.4, -0.2) is 23.2 Å². The van der Waals surface area contributed by atoms with Gasteiger partial charge in [-0.1, -0.05) is 19.3 Å². The van der Waals surface area contributed by atoms with Crippen LogP contribution in [0, 0.1) is 0 Å². The molecule has 5 nitrogen and oxygen atoms in total. The van der Waals surface area contributed by atoms with Gasteiger partial charge < -0.3 is 0 Å². The van der Waals surface area contributed by atoms with Crippen LogP contribution in [0.2, 0.25) is 0 Å². The van der Waals surface area contributed by atoms with Crippen molar-refractivity contribution in [2.75, 3.05) is 0 Å². The molecular formula is C12H20ClN3O2S. The standard InChI is InChI=1S/C12H20ClN3O2S/c1-12(2,3)16-10(9-7-5-4-6-8-9)14-15-11(16)19(13,17)18/h9H,4-8H2,1-3H3. The Hall–Kier alpha value is -0.620. The van der Waals surface area contributed by atoms with Crippen molar-refractivity contribution in [2.24, 2.45) is 0 Å². The molecule has 108 valence electrons. The maximum absolute atomic E-state index is 11.6. The minimum atomic E-state index is -3.87. The van der Waals surface area contributed by atoms with Crippen molar-refractivity contribution in [3.05, 3.63) is 5.82 Å². The van der Waals surface area contributed by atoms with Crippen LogP contribution in [-0.2, 0) is 14.6 Å². The predicted octanol–water partition coefficient (Wildman–Crippen LogP) is 3.01. The lowest BCUT2D eigenvalue weighted by atomic mass is 9.88. The lowest BCUT2D eigenvalue weighted by Crippen LogP contribution is -2.28. The van der Waals surface area contributed by atoms with Crippen LogP contribution in [0.5, 0.6) is 0 Å². The van der Waals surface area contributed by atoms with Crippen LogP contribution in [0.3, 0.4) is 0 Å². The van der Waals surface area contributed by atoms with Crippen LogP contribution in [0.25, 0.3) is 0 Å². The Bertz CT molecular complexity index is 554. The maximum Gasteiger partial charge on any atom is 0.296 e. The van der Waals surface area contributed by atoms with Gasteiger partial charge in [-0.2, -0.15) is 0 Å². The van der Waals surface area contributed by atoms with Gasteiger partial charge in [0.15, 0.2) is 0 Å². The molecule has 0 unspecified atom stereocenters. The molecular weight excluding hydrogens is 286 g/mol. The van der Waals surface area contributed by atoms with E-state index in [9.17, 15) is 8.42 Å². The highest BCUT2D eigenvalue weighted by Crippen LogP contribution is 2.35. The molecule has 1 aromatic heterocycles. The Morgan fingerprint density at radius 2 is 1.74 bits per heavy atom. The van der Waals surface area contributed by atoms with Crippen LogP contribution in [0.1, 0.15) is 64.6 Å². The highest BCUT2D eigenvalue weighted by atomic mass is 35.7. The summed E-state index contributed by atoms with van der Waals surface area (Å²) in [6.45, 7) is 5.82. The van der Waals surface area contributed by atoms with Crippen molar-refractivity contribution in [3.8, 4) is 0 Å². The first-order valence-electron chi connectivity index (χ1n) is 6.61. The smallest absolute Gasteiger partial charge is 0.295 e.